The van der Waals surface area contributed by atoms with Crippen molar-refractivity contribution in [1.82, 2.24) is 0 Å². The Labute approximate surface area is 116 Å². The van der Waals surface area contributed by atoms with Crippen molar-refractivity contribution in [3.8, 4) is 6.07 Å². The van der Waals surface area contributed by atoms with Crippen LogP contribution in [0.4, 0.5) is 10.1 Å². The third kappa shape index (κ3) is 2.67. The molecule has 0 atom stereocenters. The van der Waals surface area contributed by atoms with Crippen LogP contribution in [0.25, 0.3) is 0 Å². The van der Waals surface area contributed by atoms with Crippen LogP contribution in [0, 0.1) is 17.1 Å². The SMILES string of the molecule is CCCCN(c1ccc(C#N)c(Br)c1F)C1CC1. The van der Waals surface area contributed by atoms with Gasteiger partial charge in [-0.15, -0.1) is 0 Å². The lowest BCUT2D eigenvalue weighted by Gasteiger charge is -2.25. The lowest BCUT2D eigenvalue weighted by molar-refractivity contribution is 0.603. The Morgan fingerprint density at radius 2 is 2.22 bits per heavy atom. The number of hydrogen-bond acceptors (Lipinski definition) is 2. The largest absolute Gasteiger partial charge is 0.366 e. The predicted molar refractivity (Wildman–Crippen MR) is 74.1 cm³/mol. The van der Waals surface area contributed by atoms with E-state index in [0.29, 0.717) is 17.3 Å². The Bertz CT molecular complexity index is 477. The van der Waals surface area contributed by atoms with E-state index in [1.54, 1.807) is 12.1 Å². The van der Waals surface area contributed by atoms with Crippen LogP contribution >= 0.6 is 15.9 Å². The summed E-state index contributed by atoms with van der Waals surface area (Å²) >= 11 is 3.17. The fraction of sp³-hybridized carbons (Fsp3) is 0.500. The molecule has 1 aromatic rings. The van der Waals surface area contributed by atoms with Crippen molar-refractivity contribution < 1.29 is 4.39 Å². The molecule has 1 saturated carbocycles. The van der Waals surface area contributed by atoms with Gasteiger partial charge in [0.2, 0.25) is 0 Å². The van der Waals surface area contributed by atoms with Crippen molar-refractivity contribution in [3.05, 3.63) is 28.0 Å². The molecule has 1 aliphatic rings. The zero-order valence-corrected chi connectivity index (χ0v) is 12.0. The van der Waals surface area contributed by atoms with Gasteiger partial charge < -0.3 is 4.90 Å². The zero-order valence-electron chi connectivity index (χ0n) is 10.4. The van der Waals surface area contributed by atoms with Crippen LogP contribution in [-0.2, 0) is 0 Å². The summed E-state index contributed by atoms with van der Waals surface area (Å²) in [5, 5.41) is 8.88. The summed E-state index contributed by atoms with van der Waals surface area (Å²) in [5.74, 6) is -0.308. The predicted octanol–water partition coefficient (Wildman–Crippen LogP) is 4.23. The molecule has 0 aromatic heterocycles. The molecule has 96 valence electrons. The minimum Gasteiger partial charge on any atom is -0.366 e. The Balaban J connectivity index is 2.30. The summed E-state index contributed by atoms with van der Waals surface area (Å²) in [7, 11) is 0. The number of hydrogen-bond donors (Lipinski definition) is 0. The zero-order chi connectivity index (χ0) is 13.1. The quantitative estimate of drug-likeness (QED) is 0.813. The molecule has 2 nitrogen and oxygen atoms in total. The van der Waals surface area contributed by atoms with E-state index >= 15 is 0 Å². The molecule has 0 bridgehead atoms. The minimum absolute atomic E-state index is 0.282. The molecular formula is C14H16BrFN2. The lowest BCUT2D eigenvalue weighted by Crippen LogP contribution is -2.27. The summed E-state index contributed by atoms with van der Waals surface area (Å²) < 4.78 is 14.6. The molecule has 0 spiro atoms. The lowest BCUT2D eigenvalue weighted by atomic mass is 10.2. The molecule has 1 aliphatic carbocycles. The van der Waals surface area contributed by atoms with Gasteiger partial charge in [-0.3, -0.25) is 0 Å². The smallest absolute Gasteiger partial charge is 0.161 e. The van der Waals surface area contributed by atoms with Crippen LogP contribution in [0.1, 0.15) is 38.2 Å². The first-order chi connectivity index (χ1) is 8.69. The molecule has 0 saturated heterocycles. The Morgan fingerprint density at radius 3 is 2.78 bits per heavy atom. The summed E-state index contributed by atoms with van der Waals surface area (Å²) in [6.07, 6.45) is 4.44. The van der Waals surface area contributed by atoms with Crippen LogP contribution in [0.15, 0.2) is 16.6 Å². The number of nitriles is 1. The highest BCUT2D eigenvalue weighted by atomic mass is 79.9. The average Bonchev–Trinajstić information content (AvgIpc) is 3.19. The van der Waals surface area contributed by atoms with Gasteiger partial charge in [0.05, 0.1) is 15.7 Å². The summed E-state index contributed by atoms with van der Waals surface area (Å²) in [6, 6.07) is 5.88. The van der Waals surface area contributed by atoms with Crippen LogP contribution in [-0.4, -0.2) is 12.6 Å². The van der Waals surface area contributed by atoms with Crippen LogP contribution in [0.2, 0.25) is 0 Å². The number of benzene rings is 1. The third-order valence-electron chi connectivity index (χ3n) is 3.23. The molecule has 4 heteroatoms. The van der Waals surface area contributed by atoms with Crippen molar-refractivity contribution in [2.45, 2.75) is 38.6 Å². The van der Waals surface area contributed by atoms with Gasteiger partial charge in [0.15, 0.2) is 5.82 Å². The van der Waals surface area contributed by atoms with Crippen LogP contribution in [0.5, 0.6) is 0 Å². The second kappa shape index (κ2) is 5.71. The molecule has 0 N–H and O–H groups in total. The van der Waals surface area contributed by atoms with E-state index in [4.69, 9.17) is 5.26 Å². The van der Waals surface area contributed by atoms with E-state index in [1.165, 1.54) is 0 Å². The maximum Gasteiger partial charge on any atom is 0.161 e. The van der Waals surface area contributed by atoms with E-state index in [0.717, 1.165) is 32.2 Å². The van der Waals surface area contributed by atoms with Crippen molar-refractivity contribution in [2.24, 2.45) is 0 Å². The number of unbranched alkanes of at least 4 members (excludes halogenated alkanes) is 1. The standard InChI is InChI=1S/C14H16BrFN2/c1-2-3-8-18(11-5-6-11)12-7-4-10(9-17)13(15)14(12)16/h4,7,11H,2-3,5-6,8H2,1H3. The fourth-order valence-corrected chi connectivity index (χ4v) is 2.49. The Hall–Kier alpha value is -1.08. The van der Waals surface area contributed by atoms with Gasteiger partial charge in [-0.1, -0.05) is 13.3 Å². The van der Waals surface area contributed by atoms with Gasteiger partial charge >= 0.3 is 0 Å². The third-order valence-corrected chi connectivity index (χ3v) is 4.01. The Kier molecular flexibility index (Phi) is 4.23. The molecule has 1 fully saturated rings. The van der Waals surface area contributed by atoms with Gasteiger partial charge in [-0.2, -0.15) is 5.26 Å². The summed E-state index contributed by atoms with van der Waals surface area (Å²) in [6.45, 7) is 3.02. The number of rotatable bonds is 5. The second-order valence-electron chi connectivity index (χ2n) is 4.65. The molecule has 2 rings (SSSR count). The normalized spacial score (nSPS) is 14.3. The van der Waals surface area contributed by atoms with Crippen LogP contribution < -0.4 is 4.90 Å². The Morgan fingerprint density at radius 1 is 1.50 bits per heavy atom. The fourth-order valence-electron chi connectivity index (χ4n) is 2.06. The number of anilines is 1. The molecular weight excluding hydrogens is 295 g/mol. The molecule has 0 heterocycles. The van der Waals surface area contributed by atoms with E-state index < -0.39 is 0 Å². The molecule has 0 unspecified atom stereocenters. The summed E-state index contributed by atoms with van der Waals surface area (Å²) in [5.41, 5.74) is 0.972. The van der Waals surface area contributed by atoms with Crippen molar-refractivity contribution >= 4 is 21.6 Å². The number of halogens is 2. The monoisotopic (exact) mass is 310 g/mol. The van der Waals surface area contributed by atoms with Gasteiger partial charge in [0.25, 0.3) is 0 Å². The topological polar surface area (TPSA) is 27.0 Å². The van der Waals surface area contributed by atoms with E-state index in [1.807, 2.05) is 6.07 Å². The first-order valence-electron chi connectivity index (χ1n) is 6.33. The summed E-state index contributed by atoms with van der Waals surface area (Å²) in [4.78, 5) is 2.14. The highest BCUT2D eigenvalue weighted by Gasteiger charge is 2.31. The van der Waals surface area contributed by atoms with Crippen molar-refractivity contribution in [2.75, 3.05) is 11.4 Å². The van der Waals surface area contributed by atoms with E-state index in [-0.39, 0.29) is 10.3 Å². The number of nitrogens with zero attached hydrogens (tertiary/aromatic N) is 2. The van der Waals surface area contributed by atoms with Gasteiger partial charge in [-0.05, 0) is 47.3 Å². The van der Waals surface area contributed by atoms with Gasteiger partial charge in [-0.25, -0.2) is 4.39 Å². The van der Waals surface area contributed by atoms with Crippen LogP contribution in [0.3, 0.4) is 0 Å². The average molecular weight is 311 g/mol. The maximum absolute atomic E-state index is 14.3. The first-order valence-corrected chi connectivity index (χ1v) is 7.13. The highest BCUT2D eigenvalue weighted by molar-refractivity contribution is 9.10. The van der Waals surface area contributed by atoms with E-state index in [9.17, 15) is 4.39 Å². The van der Waals surface area contributed by atoms with Crippen molar-refractivity contribution in [3.63, 3.8) is 0 Å². The van der Waals surface area contributed by atoms with Gasteiger partial charge in [0, 0.05) is 12.6 Å². The molecule has 0 amide bonds. The van der Waals surface area contributed by atoms with Crippen molar-refractivity contribution in [1.29, 1.82) is 5.26 Å². The highest BCUT2D eigenvalue weighted by Crippen LogP contribution is 2.36. The molecule has 0 aliphatic heterocycles. The van der Waals surface area contributed by atoms with E-state index in [2.05, 4.69) is 27.8 Å². The second-order valence-corrected chi connectivity index (χ2v) is 5.44. The minimum atomic E-state index is -0.308. The first kappa shape index (κ1) is 13.4. The molecule has 18 heavy (non-hydrogen) atoms. The molecule has 1 aromatic carbocycles. The maximum atomic E-state index is 14.3. The molecule has 0 radical (unpaired) electrons. The van der Waals surface area contributed by atoms with Gasteiger partial charge in [0.1, 0.15) is 6.07 Å².